The molecule has 22 heavy (non-hydrogen) atoms. The molecular weight excluding hydrogens is 325 g/mol. The van der Waals surface area contributed by atoms with Gasteiger partial charge in [0, 0.05) is 22.7 Å². The number of hydrogen-bond acceptors (Lipinski definition) is 3. The van der Waals surface area contributed by atoms with Crippen molar-refractivity contribution in [3.8, 4) is 0 Å². The number of rotatable bonds is 5. The minimum Gasteiger partial charge on any atom is -0.250 e. The second kappa shape index (κ2) is 6.54. The second-order valence-corrected chi connectivity index (χ2v) is 6.24. The molecule has 4 nitrogen and oxygen atoms in total. The number of fused-ring (bicyclic) bond motifs is 1. The standard InChI is InChI=1S/C15H13ClFN3OS/c16-13-9-12(17)5-4-11(13)10-22-8-7-20-15(21)19-6-2-1-3-14(19)18-20/h1-6,9H,7-8,10H2. The molecule has 0 fully saturated rings. The molecule has 0 aliphatic carbocycles. The number of thioether (sulfide) groups is 1. The summed E-state index contributed by atoms with van der Waals surface area (Å²) in [6.45, 7) is 0.518. The van der Waals surface area contributed by atoms with Gasteiger partial charge in [-0.3, -0.25) is 4.40 Å². The number of benzene rings is 1. The summed E-state index contributed by atoms with van der Waals surface area (Å²) in [4.78, 5) is 12.1. The van der Waals surface area contributed by atoms with E-state index in [0.717, 1.165) is 11.3 Å². The van der Waals surface area contributed by atoms with Crippen LogP contribution in [0.5, 0.6) is 0 Å². The zero-order valence-corrected chi connectivity index (χ0v) is 13.1. The van der Waals surface area contributed by atoms with Crippen LogP contribution in [-0.2, 0) is 12.3 Å². The molecule has 1 aromatic carbocycles. The molecule has 0 aliphatic rings. The van der Waals surface area contributed by atoms with Gasteiger partial charge in [-0.2, -0.15) is 11.8 Å². The summed E-state index contributed by atoms with van der Waals surface area (Å²) in [6, 6.07) is 9.83. The summed E-state index contributed by atoms with van der Waals surface area (Å²) in [5, 5.41) is 4.69. The first kappa shape index (κ1) is 15.1. The molecule has 0 radical (unpaired) electrons. The van der Waals surface area contributed by atoms with E-state index in [1.165, 1.54) is 21.2 Å². The Kier molecular flexibility index (Phi) is 4.49. The molecule has 0 spiro atoms. The van der Waals surface area contributed by atoms with Crippen LogP contribution in [0.2, 0.25) is 5.02 Å². The summed E-state index contributed by atoms with van der Waals surface area (Å²) in [6.07, 6.45) is 1.70. The molecule has 0 saturated heterocycles. The first-order chi connectivity index (χ1) is 10.6. The maximum absolute atomic E-state index is 13.0. The molecule has 0 bridgehead atoms. The number of nitrogens with zero attached hydrogens (tertiary/aromatic N) is 3. The Balaban J connectivity index is 1.60. The number of aromatic nitrogens is 3. The number of halogens is 2. The Morgan fingerprint density at radius 2 is 2.14 bits per heavy atom. The van der Waals surface area contributed by atoms with E-state index in [2.05, 4.69) is 5.10 Å². The predicted molar refractivity (Wildman–Crippen MR) is 87.0 cm³/mol. The molecular formula is C15H13ClFN3OS. The van der Waals surface area contributed by atoms with E-state index in [-0.39, 0.29) is 11.5 Å². The number of hydrogen-bond donors (Lipinski definition) is 0. The maximum atomic E-state index is 13.0. The van der Waals surface area contributed by atoms with Gasteiger partial charge in [-0.25, -0.2) is 13.9 Å². The van der Waals surface area contributed by atoms with Gasteiger partial charge in [0.1, 0.15) is 5.82 Å². The normalized spacial score (nSPS) is 11.2. The molecule has 3 aromatic rings. The van der Waals surface area contributed by atoms with Crippen LogP contribution in [0.1, 0.15) is 5.56 Å². The molecule has 0 aliphatic heterocycles. The average Bonchev–Trinajstić information content (AvgIpc) is 2.82. The van der Waals surface area contributed by atoms with Crippen molar-refractivity contribution in [2.45, 2.75) is 12.3 Å². The van der Waals surface area contributed by atoms with Gasteiger partial charge in [-0.15, -0.1) is 5.10 Å². The van der Waals surface area contributed by atoms with Crippen molar-refractivity contribution in [2.24, 2.45) is 0 Å². The average molecular weight is 338 g/mol. The fourth-order valence-corrected chi connectivity index (χ4v) is 3.32. The van der Waals surface area contributed by atoms with Crippen LogP contribution in [0.15, 0.2) is 47.4 Å². The van der Waals surface area contributed by atoms with Gasteiger partial charge in [0.15, 0.2) is 5.65 Å². The van der Waals surface area contributed by atoms with Gasteiger partial charge in [0.25, 0.3) is 0 Å². The van der Waals surface area contributed by atoms with Gasteiger partial charge in [-0.1, -0.05) is 23.7 Å². The molecule has 2 aromatic heterocycles. The molecule has 0 N–H and O–H groups in total. The monoisotopic (exact) mass is 337 g/mol. The third-order valence-electron chi connectivity index (χ3n) is 3.21. The summed E-state index contributed by atoms with van der Waals surface area (Å²) in [5.41, 5.74) is 1.38. The smallest absolute Gasteiger partial charge is 0.250 e. The minimum atomic E-state index is -0.338. The quantitative estimate of drug-likeness (QED) is 0.671. The molecule has 3 rings (SSSR count). The Morgan fingerprint density at radius 3 is 2.91 bits per heavy atom. The van der Waals surface area contributed by atoms with Crippen molar-refractivity contribution in [1.82, 2.24) is 14.2 Å². The fourth-order valence-electron chi connectivity index (χ4n) is 2.09. The van der Waals surface area contributed by atoms with Gasteiger partial charge in [0.2, 0.25) is 0 Å². The van der Waals surface area contributed by atoms with E-state index < -0.39 is 0 Å². The SMILES string of the molecule is O=c1n(CCSCc2ccc(F)cc2Cl)nc2ccccn12. The lowest BCUT2D eigenvalue weighted by atomic mass is 10.2. The van der Waals surface area contributed by atoms with Crippen LogP contribution < -0.4 is 5.69 Å². The van der Waals surface area contributed by atoms with E-state index in [9.17, 15) is 9.18 Å². The third kappa shape index (κ3) is 3.18. The van der Waals surface area contributed by atoms with E-state index in [0.29, 0.717) is 23.0 Å². The summed E-state index contributed by atoms with van der Waals surface area (Å²) >= 11 is 7.60. The molecule has 7 heteroatoms. The summed E-state index contributed by atoms with van der Waals surface area (Å²) < 4.78 is 15.9. The number of pyridine rings is 1. The zero-order valence-electron chi connectivity index (χ0n) is 11.6. The first-order valence-corrected chi connectivity index (χ1v) is 8.24. The minimum absolute atomic E-state index is 0.143. The largest absolute Gasteiger partial charge is 0.350 e. The van der Waals surface area contributed by atoms with Crippen molar-refractivity contribution in [1.29, 1.82) is 0 Å². The molecule has 2 heterocycles. The van der Waals surface area contributed by atoms with E-state index in [1.807, 2.05) is 6.07 Å². The topological polar surface area (TPSA) is 39.3 Å². The highest BCUT2D eigenvalue weighted by Crippen LogP contribution is 2.22. The lowest BCUT2D eigenvalue weighted by molar-refractivity contribution is 0.627. The van der Waals surface area contributed by atoms with Crippen molar-refractivity contribution < 1.29 is 4.39 Å². The Labute approximate surface area is 135 Å². The van der Waals surface area contributed by atoms with Gasteiger partial charge in [0.05, 0.1) is 6.54 Å². The van der Waals surface area contributed by atoms with Crippen molar-refractivity contribution in [2.75, 3.05) is 5.75 Å². The van der Waals surface area contributed by atoms with Crippen molar-refractivity contribution in [3.63, 3.8) is 0 Å². The summed E-state index contributed by atoms with van der Waals surface area (Å²) in [7, 11) is 0. The van der Waals surface area contributed by atoms with Crippen molar-refractivity contribution >= 4 is 29.0 Å². The molecule has 114 valence electrons. The van der Waals surface area contributed by atoms with Crippen LogP contribution in [-0.4, -0.2) is 19.9 Å². The van der Waals surface area contributed by atoms with Crippen LogP contribution in [0.4, 0.5) is 4.39 Å². The highest BCUT2D eigenvalue weighted by molar-refractivity contribution is 7.98. The third-order valence-corrected chi connectivity index (χ3v) is 4.55. The Morgan fingerprint density at radius 1 is 1.27 bits per heavy atom. The second-order valence-electron chi connectivity index (χ2n) is 4.72. The van der Waals surface area contributed by atoms with Crippen LogP contribution >= 0.6 is 23.4 Å². The molecule has 0 atom stereocenters. The molecule has 0 saturated carbocycles. The number of aryl methyl sites for hydroxylation is 1. The molecule has 0 unspecified atom stereocenters. The molecule has 0 amide bonds. The van der Waals surface area contributed by atoms with Crippen LogP contribution in [0.3, 0.4) is 0 Å². The van der Waals surface area contributed by atoms with Gasteiger partial charge < -0.3 is 0 Å². The van der Waals surface area contributed by atoms with Gasteiger partial charge in [-0.05, 0) is 29.8 Å². The zero-order chi connectivity index (χ0) is 15.5. The van der Waals surface area contributed by atoms with E-state index in [1.54, 1.807) is 36.2 Å². The Bertz CT molecular complexity index is 861. The first-order valence-electron chi connectivity index (χ1n) is 6.71. The maximum Gasteiger partial charge on any atom is 0.350 e. The lowest BCUT2D eigenvalue weighted by Gasteiger charge is -2.04. The van der Waals surface area contributed by atoms with E-state index >= 15 is 0 Å². The van der Waals surface area contributed by atoms with Gasteiger partial charge >= 0.3 is 5.69 Å². The van der Waals surface area contributed by atoms with Crippen molar-refractivity contribution in [3.05, 3.63) is 69.5 Å². The van der Waals surface area contributed by atoms with Crippen LogP contribution in [0, 0.1) is 5.82 Å². The van der Waals surface area contributed by atoms with Crippen LogP contribution in [0.25, 0.3) is 5.65 Å². The van der Waals surface area contributed by atoms with E-state index in [4.69, 9.17) is 11.6 Å². The predicted octanol–water partition coefficient (Wildman–Crippen LogP) is 3.22. The lowest BCUT2D eigenvalue weighted by Crippen LogP contribution is -2.22. The highest BCUT2D eigenvalue weighted by Gasteiger charge is 2.06. The summed E-state index contributed by atoms with van der Waals surface area (Å²) in [5.74, 6) is 1.05. The highest BCUT2D eigenvalue weighted by atomic mass is 35.5. The fraction of sp³-hybridized carbons (Fsp3) is 0.200. The Hall–Kier alpha value is -1.79.